The molecule has 120 valence electrons. The van der Waals surface area contributed by atoms with Crippen molar-refractivity contribution in [3.05, 3.63) is 24.3 Å². The van der Waals surface area contributed by atoms with Crippen molar-refractivity contribution in [2.45, 2.75) is 38.1 Å². The van der Waals surface area contributed by atoms with E-state index in [9.17, 15) is 8.42 Å². The van der Waals surface area contributed by atoms with Crippen molar-refractivity contribution in [2.24, 2.45) is 5.92 Å². The number of benzene rings is 1. The Bertz CT molecular complexity index is 529. The van der Waals surface area contributed by atoms with Crippen molar-refractivity contribution in [3.8, 4) is 0 Å². The summed E-state index contributed by atoms with van der Waals surface area (Å²) in [4.78, 5) is 0.278. The van der Waals surface area contributed by atoms with Crippen molar-refractivity contribution in [3.63, 3.8) is 0 Å². The van der Waals surface area contributed by atoms with Gasteiger partial charge in [0.15, 0.2) is 0 Å². The molecule has 0 amide bonds. The van der Waals surface area contributed by atoms with Gasteiger partial charge >= 0.3 is 0 Å². The molecule has 0 aromatic heterocycles. The van der Waals surface area contributed by atoms with Gasteiger partial charge in [-0.15, -0.1) is 0 Å². The molecule has 1 aromatic rings. The first-order valence-corrected chi connectivity index (χ1v) is 8.74. The van der Waals surface area contributed by atoms with E-state index in [1.54, 1.807) is 25.3 Å². The molecule has 0 aliphatic carbocycles. The second kappa shape index (κ2) is 8.36. The normalized spacial score (nSPS) is 13.4. The molecule has 0 aliphatic rings. The molecule has 1 atom stereocenters. The minimum Gasteiger partial charge on any atom is -0.384 e. The molecule has 21 heavy (non-hydrogen) atoms. The molecule has 2 N–H and O–H groups in total. The first-order chi connectivity index (χ1) is 9.92. The van der Waals surface area contributed by atoms with Crippen LogP contribution in [0.1, 0.15) is 27.2 Å². The highest BCUT2D eigenvalue weighted by atomic mass is 32.2. The molecule has 6 heteroatoms. The van der Waals surface area contributed by atoms with E-state index in [1.807, 2.05) is 26.8 Å². The van der Waals surface area contributed by atoms with Gasteiger partial charge in [0.05, 0.1) is 12.3 Å². The number of para-hydroxylation sites is 1. The van der Waals surface area contributed by atoms with Crippen LogP contribution in [0.4, 0.5) is 5.69 Å². The van der Waals surface area contributed by atoms with E-state index in [2.05, 4.69) is 10.0 Å². The fourth-order valence-corrected chi connectivity index (χ4v) is 3.46. The smallest absolute Gasteiger partial charge is 0.242 e. The lowest BCUT2D eigenvalue weighted by atomic mass is 10.1. The number of ether oxygens (including phenoxy) is 1. The van der Waals surface area contributed by atoms with Crippen LogP contribution in [0.25, 0.3) is 0 Å². The van der Waals surface area contributed by atoms with E-state index >= 15 is 0 Å². The largest absolute Gasteiger partial charge is 0.384 e. The number of rotatable bonds is 9. The summed E-state index contributed by atoms with van der Waals surface area (Å²) in [6.45, 7) is 7.05. The van der Waals surface area contributed by atoms with E-state index < -0.39 is 10.0 Å². The van der Waals surface area contributed by atoms with Gasteiger partial charge in [0.25, 0.3) is 0 Å². The maximum absolute atomic E-state index is 12.6. The SMILES string of the molecule is CCCNc1ccccc1S(=O)(=O)NC(COC)C(C)C. The van der Waals surface area contributed by atoms with Gasteiger partial charge in [0.2, 0.25) is 10.0 Å². The average Bonchev–Trinajstić information content (AvgIpc) is 2.44. The van der Waals surface area contributed by atoms with Crippen LogP contribution in [0.3, 0.4) is 0 Å². The molecule has 0 spiro atoms. The Kier molecular flexibility index (Phi) is 7.14. The number of nitrogens with one attached hydrogen (secondary N) is 2. The summed E-state index contributed by atoms with van der Waals surface area (Å²) in [7, 11) is -2.01. The van der Waals surface area contributed by atoms with Crippen LogP contribution in [-0.2, 0) is 14.8 Å². The van der Waals surface area contributed by atoms with Gasteiger partial charge < -0.3 is 10.1 Å². The molecule has 0 aliphatic heterocycles. The summed E-state index contributed by atoms with van der Waals surface area (Å²) in [6.07, 6.45) is 0.931. The minimum absolute atomic E-state index is 0.149. The molecule has 0 bridgehead atoms. The van der Waals surface area contributed by atoms with E-state index in [-0.39, 0.29) is 16.9 Å². The van der Waals surface area contributed by atoms with Crippen molar-refractivity contribution < 1.29 is 13.2 Å². The molecule has 0 heterocycles. The van der Waals surface area contributed by atoms with E-state index in [1.165, 1.54) is 0 Å². The zero-order chi connectivity index (χ0) is 15.9. The zero-order valence-corrected chi connectivity index (χ0v) is 14.0. The summed E-state index contributed by atoms with van der Waals surface area (Å²) >= 11 is 0. The van der Waals surface area contributed by atoms with Crippen LogP contribution in [0.5, 0.6) is 0 Å². The van der Waals surface area contributed by atoms with Gasteiger partial charge in [0, 0.05) is 19.7 Å². The summed E-state index contributed by atoms with van der Waals surface area (Å²) in [5.41, 5.74) is 0.631. The molecular weight excluding hydrogens is 288 g/mol. The minimum atomic E-state index is -3.58. The Morgan fingerprint density at radius 3 is 2.48 bits per heavy atom. The predicted octanol–water partition coefficient (Wildman–Crippen LogP) is 2.46. The zero-order valence-electron chi connectivity index (χ0n) is 13.2. The van der Waals surface area contributed by atoms with Crippen LogP contribution in [0.2, 0.25) is 0 Å². The molecule has 5 nitrogen and oxygen atoms in total. The number of methoxy groups -OCH3 is 1. The third kappa shape index (κ3) is 5.30. The lowest BCUT2D eigenvalue weighted by Gasteiger charge is -2.22. The predicted molar refractivity (Wildman–Crippen MR) is 86.0 cm³/mol. The standard InChI is InChI=1S/C15H26N2O3S/c1-5-10-16-13-8-6-7-9-15(13)21(18,19)17-14(11-20-4)12(2)3/h6-9,12,14,16-17H,5,10-11H2,1-4H3. The lowest BCUT2D eigenvalue weighted by molar-refractivity contribution is 0.157. The highest BCUT2D eigenvalue weighted by molar-refractivity contribution is 7.89. The molecule has 1 rings (SSSR count). The average molecular weight is 314 g/mol. The monoisotopic (exact) mass is 314 g/mol. The Labute approximate surface area is 128 Å². The third-order valence-electron chi connectivity index (χ3n) is 3.20. The van der Waals surface area contributed by atoms with Crippen LogP contribution in [0.15, 0.2) is 29.2 Å². The molecule has 0 saturated carbocycles. The highest BCUT2D eigenvalue weighted by Gasteiger charge is 2.24. The van der Waals surface area contributed by atoms with Gasteiger partial charge in [-0.2, -0.15) is 0 Å². The van der Waals surface area contributed by atoms with Crippen molar-refractivity contribution in [2.75, 3.05) is 25.6 Å². The van der Waals surface area contributed by atoms with Crippen molar-refractivity contribution in [1.82, 2.24) is 4.72 Å². The van der Waals surface area contributed by atoms with E-state index in [4.69, 9.17) is 4.74 Å². The van der Waals surface area contributed by atoms with Gasteiger partial charge in [-0.25, -0.2) is 13.1 Å². The fraction of sp³-hybridized carbons (Fsp3) is 0.600. The van der Waals surface area contributed by atoms with Crippen LogP contribution in [0, 0.1) is 5.92 Å². The Hall–Kier alpha value is -1.11. The molecule has 1 aromatic carbocycles. The van der Waals surface area contributed by atoms with Gasteiger partial charge in [-0.3, -0.25) is 0 Å². The highest BCUT2D eigenvalue weighted by Crippen LogP contribution is 2.21. The van der Waals surface area contributed by atoms with E-state index in [0.717, 1.165) is 13.0 Å². The first kappa shape index (κ1) is 17.9. The molecule has 0 radical (unpaired) electrons. The van der Waals surface area contributed by atoms with Gasteiger partial charge in [-0.05, 0) is 24.5 Å². The summed E-state index contributed by atoms with van der Waals surface area (Å²) < 4.78 is 33.0. The number of anilines is 1. The van der Waals surface area contributed by atoms with Crippen LogP contribution < -0.4 is 10.0 Å². The maximum atomic E-state index is 12.6. The van der Waals surface area contributed by atoms with Crippen LogP contribution >= 0.6 is 0 Å². The summed E-state index contributed by atoms with van der Waals surface area (Å²) in [5, 5.41) is 3.15. The summed E-state index contributed by atoms with van der Waals surface area (Å²) in [6, 6.07) is 6.70. The number of hydrogen-bond acceptors (Lipinski definition) is 4. The first-order valence-electron chi connectivity index (χ1n) is 7.26. The quantitative estimate of drug-likeness (QED) is 0.735. The molecule has 1 unspecified atom stereocenters. The second-order valence-electron chi connectivity index (χ2n) is 5.35. The Morgan fingerprint density at radius 1 is 1.24 bits per heavy atom. The Morgan fingerprint density at radius 2 is 1.90 bits per heavy atom. The number of hydrogen-bond donors (Lipinski definition) is 2. The van der Waals surface area contributed by atoms with Gasteiger partial charge in [-0.1, -0.05) is 32.9 Å². The molecule has 0 fully saturated rings. The third-order valence-corrected chi connectivity index (χ3v) is 4.75. The molecule has 0 saturated heterocycles. The molecular formula is C15H26N2O3S. The summed E-state index contributed by atoms with van der Waals surface area (Å²) in [5.74, 6) is 0.149. The lowest BCUT2D eigenvalue weighted by Crippen LogP contribution is -2.41. The fourth-order valence-electron chi connectivity index (χ4n) is 1.91. The number of sulfonamides is 1. The van der Waals surface area contributed by atoms with Crippen molar-refractivity contribution in [1.29, 1.82) is 0 Å². The van der Waals surface area contributed by atoms with Crippen LogP contribution in [-0.4, -0.2) is 34.7 Å². The maximum Gasteiger partial charge on any atom is 0.242 e. The van der Waals surface area contributed by atoms with E-state index in [0.29, 0.717) is 12.3 Å². The van der Waals surface area contributed by atoms with Gasteiger partial charge in [0.1, 0.15) is 4.90 Å². The second-order valence-corrected chi connectivity index (χ2v) is 7.03. The topological polar surface area (TPSA) is 67.4 Å². The van der Waals surface area contributed by atoms with Crippen molar-refractivity contribution >= 4 is 15.7 Å². The Balaban J connectivity index is 3.01.